The number of carbonyl (C=O) groups excluding carboxylic acids is 1. The number of nitrogens with one attached hydrogen (secondary N) is 1. The summed E-state index contributed by atoms with van der Waals surface area (Å²) in [5.41, 5.74) is 5.47. The largest absolute Gasteiger partial charge is 0.494 e. The smallest absolute Gasteiger partial charge is 0.277 e. The van der Waals surface area contributed by atoms with Crippen molar-refractivity contribution in [3.05, 3.63) is 83.4 Å². The Kier molecular flexibility index (Phi) is 8.71. The summed E-state index contributed by atoms with van der Waals surface area (Å²) in [7, 11) is 1.58. The van der Waals surface area contributed by atoms with Crippen LogP contribution in [0.5, 0.6) is 23.0 Å². The third-order valence-electron chi connectivity index (χ3n) is 4.61. The molecule has 3 aromatic carbocycles. The Morgan fingerprint density at radius 3 is 2.27 bits per heavy atom. The van der Waals surface area contributed by atoms with Gasteiger partial charge in [-0.2, -0.15) is 5.10 Å². The SMILES string of the molecule is CCOc1ccc(OCC(=O)N/N=C/c2ccc(OCc3ccc(C)cc3)c(OC)c2)cc1. The van der Waals surface area contributed by atoms with Gasteiger partial charge in [-0.05, 0) is 67.4 Å². The highest BCUT2D eigenvalue weighted by molar-refractivity contribution is 5.83. The number of hydrogen-bond donors (Lipinski definition) is 1. The van der Waals surface area contributed by atoms with E-state index in [-0.39, 0.29) is 12.5 Å². The number of methoxy groups -OCH3 is 1. The minimum Gasteiger partial charge on any atom is -0.494 e. The van der Waals surface area contributed by atoms with Crippen LogP contribution in [-0.2, 0) is 11.4 Å². The van der Waals surface area contributed by atoms with Gasteiger partial charge in [-0.1, -0.05) is 29.8 Å². The fourth-order valence-electron chi connectivity index (χ4n) is 2.89. The molecule has 3 rings (SSSR count). The zero-order valence-corrected chi connectivity index (χ0v) is 19.0. The summed E-state index contributed by atoms with van der Waals surface area (Å²) in [6, 6.07) is 20.7. The summed E-state index contributed by atoms with van der Waals surface area (Å²) < 4.78 is 22.1. The minimum atomic E-state index is -0.370. The van der Waals surface area contributed by atoms with Crippen LogP contribution >= 0.6 is 0 Å². The van der Waals surface area contributed by atoms with Gasteiger partial charge in [0.2, 0.25) is 0 Å². The average molecular weight is 449 g/mol. The van der Waals surface area contributed by atoms with E-state index in [9.17, 15) is 4.79 Å². The molecule has 0 spiro atoms. The van der Waals surface area contributed by atoms with E-state index in [0.717, 1.165) is 16.9 Å². The summed E-state index contributed by atoms with van der Waals surface area (Å²) in [4.78, 5) is 12.0. The van der Waals surface area contributed by atoms with Crippen molar-refractivity contribution in [3.63, 3.8) is 0 Å². The number of nitrogens with zero attached hydrogens (tertiary/aromatic N) is 1. The fourth-order valence-corrected chi connectivity index (χ4v) is 2.89. The van der Waals surface area contributed by atoms with Crippen molar-refractivity contribution < 1.29 is 23.7 Å². The highest BCUT2D eigenvalue weighted by Gasteiger charge is 2.06. The van der Waals surface area contributed by atoms with Gasteiger partial charge in [0.15, 0.2) is 18.1 Å². The molecule has 0 saturated heterocycles. The third kappa shape index (κ3) is 7.57. The van der Waals surface area contributed by atoms with E-state index in [1.807, 2.05) is 50.2 Å². The average Bonchev–Trinajstić information content (AvgIpc) is 2.84. The number of ether oxygens (including phenoxy) is 4. The Morgan fingerprint density at radius 1 is 0.909 bits per heavy atom. The lowest BCUT2D eigenvalue weighted by molar-refractivity contribution is -0.123. The topological polar surface area (TPSA) is 78.4 Å². The molecule has 0 aliphatic heterocycles. The van der Waals surface area contributed by atoms with Crippen LogP contribution in [0.2, 0.25) is 0 Å². The molecule has 33 heavy (non-hydrogen) atoms. The lowest BCUT2D eigenvalue weighted by Crippen LogP contribution is -2.24. The van der Waals surface area contributed by atoms with Crippen molar-refractivity contribution in [2.24, 2.45) is 5.10 Å². The quantitative estimate of drug-likeness (QED) is 0.345. The summed E-state index contributed by atoms with van der Waals surface area (Å²) in [5, 5.41) is 3.98. The van der Waals surface area contributed by atoms with Gasteiger partial charge in [0.05, 0.1) is 19.9 Å². The van der Waals surface area contributed by atoms with Gasteiger partial charge < -0.3 is 18.9 Å². The van der Waals surface area contributed by atoms with Crippen molar-refractivity contribution in [1.82, 2.24) is 5.43 Å². The molecule has 0 bridgehead atoms. The predicted octanol–water partition coefficient (Wildman–Crippen LogP) is 4.51. The van der Waals surface area contributed by atoms with E-state index >= 15 is 0 Å². The first-order chi connectivity index (χ1) is 16.1. The molecule has 3 aromatic rings. The molecular weight excluding hydrogens is 420 g/mol. The van der Waals surface area contributed by atoms with Gasteiger partial charge in [-0.3, -0.25) is 4.79 Å². The molecule has 0 fully saturated rings. The molecule has 0 saturated carbocycles. The second kappa shape index (κ2) is 12.1. The third-order valence-corrected chi connectivity index (χ3v) is 4.61. The molecule has 0 aliphatic rings. The van der Waals surface area contributed by atoms with Crippen molar-refractivity contribution in [3.8, 4) is 23.0 Å². The lowest BCUT2D eigenvalue weighted by atomic mass is 10.2. The summed E-state index contributed by atoms with van der Waals surface area (Å²) in [6.45, 7) is 4.84. The van der Waals surface area contributed by atoms with Gasteiger partial charge >= 0.3 is 0 Å². The van der Waals surface area contributed by atoms with Crippen LogP contribution in [0.15, 0.2) is 71.8 Å². The van der Waals surface area contributed by atoms with Gasteiger partial charge in [0, 0.05) is 0 Å². The Hall–Kier alpha value is -4.00. The number of rotatable bonds is 11. The van der Waals surface area contributed by atoms with E-state index < -0.39 is 0 Å². The maximum absolute atomic E-state index is 12.0. The number of aryl methyl sites for hydroxylation is 1. The number of hydrogen-bond acceptors (Lipinski definition) is 6. The van der Waals surface area contributed by atoms with E-state index in [4.69, 9.17) is 18.9 Å². The summed E-state index contributed by atoms with van der Waals surface area (Å²) in [6.07, 6.45) is 1.53. The molecule has 0 radical (unpaired) electrons. The van der Waals surface area contributed by atoms with E-state index in [2.05, 4.69) is 10.5 Å². The summed E-state index contributed by atoms with van der Waals surface area (Å²) >= 11 is 0. The first kappa shape index (κ1) is 23.7. The van der Waals surface area contributed by atoms with E-state index in [0.29, 0.717) is 30.5 Å². The molecule has 0 heterocycles. The molecule has 0 aliphatic carbocycles. The molecular formula is C26H28N2O5. The zero-order chi connectivity index (χ0) is 23.5. The van der Waals surface area contributed by atoms with Crippen LogP contribution in [0.3, 0.4) is 0 Å². The molecule has 7 heteroatoms. The molecule has 172 valence electrons. The molecule has 0 unspecified atom stereocenters. The predicted molar refractivity (Wildman–Crippen MR) is 127 cm³/mol. The van der Waals surface area contributed by atoms with Crippen molar-refractivity contribution >= 4 is 12.1 Å². The summed E-state index contributed by atoms with van der Waals surface area (Å²) in [5.74, 6) is 2.16. The second-order valence-corrected chi connectivity index (χ2v) is 7.17. The van der Waals surface area contributed by atoms with E-state index in [1.54, 1.807) is 37.4 Å². The van der Waals surface area contributed by atoms with Gasteiger partial charge in [-0.25, -0.2) is 5.43 Å². The van der Waals surface area contributed by atoms with Gasteiger partial charge in [0.25, 0.3) is 5.91 Å². The zero-order valence-electron chi connectivity index (χ0n) is 19.0. The van der Waals surface area contributed by atoms with Crippen LogP contribution in [0.25, 0.3) is 0 Å². The molecule has 7 nitrogen and oxygen atoms in total. The number of hydrazone groups is 1. The Labute approximate surface area is 193 Å². The first-order valence-electron chi connectivity index (χ1n) is 10.6. The molecule has 0 atom stereocenters. The fraction of sp³-hybridized carbons (Fsp3) is 0.231. The number of carbonyl (C=O) groups is 1. The Morgan fingerprint density at radius 2 is 1.61 bits per heavy atom. The number of amides is 1. The standard InChI is InChI=1S/C26H28N2O5/c1-4-31-22-10-12-23(13-11-22)32-18-26(29)28-27-16-21-9-14-24(25(15-21)30-3)33-17-20-7-5-19(2)6-8-20/h5-16H,4,17-18H2,1-3H3,(H,28,29)/b27-16+. The van der Waals surface area contributed by atoms with Crippen LogP contribution in [0.1, 0.15) is 23.6 Å². The van der Waals surface area contributed by atoms with Crippen molar-refractivity contribution in [2.75, 3.05) is 20.3 Å². The minimum absolute atomic E-state index is 0.152. The number of benzene rings is 3. The Balaban J connectivity index is 1.48. The van der Waals surface area contributed by atoms with Gasteiger partial charge in [0.1, 0.15) is 18.1 Å². The van der Waals surface area contributed by atoms with E-state index in [1.165, 1.54) is 11.8 Å². The molecule has 1 N–H and O–H groups in total. The van der Waals surface area contributed by atoms with Crippen LogP contribution < -0.4 is 24.4 Å². The maximum Gasteiger partial charge on any atom is 0.277 e. The maximum atomic E-state index is 12.0. The second-order valence-electron chi connectivity index (χ2n) is 7.17. The van der Waals surface area contributed by atoms with Crippen molar-refractivity contribution in [1.29, 1.82) is 0 Å². The lowest BCUT2D eigenvalue weighted by Gasteiger charge is -2.11. The van der Waals surface area contributed by atoms with Gasteiger partial charge in [-0.15, -0.1) is 0 Å². The van der Waals surface area contributed by atoms with Crippen molar-refractivity contribution in [2.45, 2.75) is 20.5 Å². The van der Waals surface area contributed by atoms with Crippen LogP contribution in [0.4, 0.5) is 0 Å². The normalized spacial score (nSPS) is 10.6. The highest BCUT2D eigenvalue weighted by Crippen LogP contribution is 2.28. The molecule has 0 aromatic heterocycles. The molecule has 1 amide bonds. The van der Waals surface area contributed by atoms with Crippen LogP contribution in [0, 0.1) is 6.92 Å². The van der Waals surface area contributed by atoms with Crippen LogP contribution in [-0.4, -0.2) is 32.4 Å². The Bertz CT molecular complexity index is 1060. The highest BCUT2D eigenvalue weighted by atomic mass is 16.5. The first-order valence-corrected chi connectivity index (χ1v) is 10.6. The monoisotopic (exact) mass is 448 g/mol.